The van der Waals surface area contributed by atoms with Gasteiger partial charge in [0, 0.05) is 235 Å². The van der Waals surface area contributed by atoms with Crippen LogP contribution in [0.15, 0.2) is 60.7 Å². The van der Waals surface area contributed by atoms with Crippen LogP contribution in [0, 0.1) is 0 Å². The molecule has 92 heavy (non-hydrogen) atoms. The van der Waals surface area contributed by atoms with Crippen LogP contribution in [0.4, 0.5) is 0 Å². The van der Waals surface area contributed by atoms with Crippen LogP contribution in [0.1, 0.15) is 0 Å². The number of hydrogen-bond acceptors (Lipinski definition) is 25. The van der Waals surface area contributed by atoms with Crippen LogP contribution in [-0.4, -0.2) is 269 Å². The summed E-state index contributed by atoms with van der Waals surface area (Å²) in [5.41, 5.74) is 0. The second-order valence-electron chi connectivity index (χ2n) is 21.9. The second-order valence-corrected chi connectivity index (χ2v) is 67.6. The molecule has 0 spiro atoms. The van der Waals surface area contributed by atoms with Crippen molar-refractivity contribution < 1.29 is 268 Å². The van der Waals surface area contributed by atoms with Crippen LogP contribution in [0.2, 0.25) is 151 Å². The van der Waals surface area contributed by atoms with E-state index in [1.54, 1.807) is 39.8 Å². The molecule has 2 aromatic rings. The van der Waals surface area contributed by atoms with E-state index < -0.39 is 112 Å². The smallest absolute Gasteiger partial charge is 0.437 e. The zero-order valence-electron chi connectivity index (χ0n) is 61.5. The molecule has 2 aromatic carbocycles. The first-order valence-corrected chi connectivity index (χ1v) is 61.0. The Kier molecular flexibility index (Phi) is 108. The quantitative estimate of drug-likeness (QED) is 0.0802. The molecule has 47 heteroatoms. The summed E-state index contributed by atoms with van der Waals surface area (Å²) in [5.74, 6) is 0. The second kappa shape index (κ2) is 69.9. The van der Waals surface area contributed by atoms with Gasteiger partial charge >= 0.3 is 78.3 Å². The fourth-order valence-corrected chi connectivity index (χ4v) is 51.5. The molecule has 0 aliphatic carbocycles. The van der Waals surface area contributed by atoms with Crippen LogP contribution >= 0.6 is 0 Å². The van der Waals surface area contributed by atoms with Gasteiger partial charge in [-0.2, -0.15) is 0 Å². The zero-order valence-corrected chi connectivity index (χ0v) is 86.8. The monoisotopic (exact) mass is 1950 g/mol. The van der Waals surface area contributed by atoms with Crippen molar-refractivity contribution in [1.82, 2.24) is 0 Å². The maximum absolute atomic E-state index is 11.5. The first-order valence-electron chi connectivity index (χ1n) is 25.8. The Morgan fingerprint density at radius 2 is 0.576 bits per heavy atom. The summed E-state index contributed by atoms with van der Waals surface area (Å²) >= 11 is 0. The molecule has 21 N–H and O–H groups in total. The standard InChI is InChI=1S/C16H24O4Si3.C9H28O8Si5.C9H28O4Si4.C3H10OSi.8CH4O.4H2O.5Zr/c1-21(2,17)19-22(3,4)20-23(18,15-11-7-5-8-12-15)16-13-9-6-10-14-16;1-11-19(6,10)14-21(8)16-22(9,17-21)15-20(7,12-2)13-18(3,4)5;1-14(2,3)11-16(7,8)13-17(9,10)12-15(4,5)6;1-5(2,3)4;8*1-2;;;;;;;;;/h5-14,17-18H,1-4H3;10H,1-9H3;10H,1-9H3;4H,1-3H3;8*2H,1H3;4*1H2;;;;;. The molecule has 3 atom stereocenters. The molecule has 0 bridgehead atoms. The minimum absolute atomic E-state index is 0. The first kappa shape index (κ1) is 143. The van der Waals surface area contributed by atoms with Gasteiger partial charge in [-0.3, -0.25) is 0 Å². The Morgan fingerprint density at radius 1 is 0.326 bits per heavy atom. The van der Waals surface area contributed by atoms with Crippen molar-refractivity contribution in [2.75, 3.05) is 71.1 Å². The Hall–Kier alpha value is 4.52. The maximum Gasteiger partial charge on any atom is 0.487 e. The molecule has 0 aromatic heterocycles. The Morgan fingerprint density at radius 3 is 0.804 bits per heavy atom. The zero-order chi connectivity index (χ0) is 69.2. The number of rotatable bonds is 20. The Bertz CT molecular complexity index is 1730. The van der Waals surface area contributed by atoms with Crippen molar-refractivity contribution in [2.45, 2.75) is 151 Å². The van der Waals surface area contributed by atoms with Gasteiger partial charge in [0.1, 0.15) is 0 Å². The molecule has 1 heterocycles. The Balaban J connectivity index is -0.0000000467. The summed E-state index contributed by atoms with van der Waals surface area (Å²) in [6, 6.07) is 18.9. The third-order valence-corrected chi connectivity index (χ3v) is 46.0. The van der Waals surface area contributed by atoms with Crippen LogP contribution in [0.25, 0.3) is 0 Å². The van der Waals surface area contributed by atoms with Crippen molar-refractivity contribution in [3.05, 3.63) is 60.7 Å². The Labute approximate surface area is 664 Å². The van der Waals surface area contributed by atoms with E-state index in [1.807, 2.05) is 133 Å². The summed E-state index contributed by atoms with van der Waals surface area (Å²) < 4.78 is 69.5. The summed E-state index contributed by atoms with van der Waals surface area (Å²) in [6.07, 6.45) is 0. The molecule has 1 fully saturated rings. The molecule has 29 nitrogen and oxygen atoms in total. The van der Waals surface area contributed by atoms with Gasteiger partial charge in [-0.05, 0) is 128 Å². The number of aliphatic hydroxyl groups excluding tert-OH is 8. The third kappa shape index (κ3) is 85.2. The fourth-order valence-electron chi connectivity index (χ4n) is 6.54. The van der Waals surface area contributed by atoms with Gasteiger partial charge in [-0.15, -0.1) is 0 Å². The molecular weight excluding hydrogens is 1830 g/mol. The van der Waals surface area contributed by atoms with E-state index in [-0.39, 0.29) is 153 Å². The molecular formula is C45H130O29Si13Zr5. The SMILES string of the molecule is CO.CO.CO.CO.CO.CO.CO.CO.CO[Si](C)(O)O[Si]1(C)O[Si](C)(O[Si](C)(OC)O[Si](C)(C)C)O1.C[Si](C)(C)O.C[Si](C)(C)O[Si](C)(C)O[Si](C)(O)O[Si](C)(C)C.C[Si](C)(O)O[Si](C)(C)O[Si](O)(c1ccccc1)c1ccccc1.O.O.O.O.[Zr].[Zr].[Zr].[Zr].[Zr]. The van der Waals surface area contributed by atoms with Gasteiger partial charge < -0.3 is 137 Å². The summed E-state index contributed by atoms with van der Waals surface area (Å²) in [6.45, 7) is 43.9. The molecule has 3 unspecified atom stereocenters. The van der Waals surface area contributed by atoms with E-state index in [1.165, 1.54) is 13.7 Å². The number of aliphatic hydroxyl groups is 8. The minimum atomic E-state index is -3.39. The summed E-state index contributed by atoms with van der Waals surface area (Å²) in [5, 5.41) is 57.5. The van der Waals surface area contributed by atoms with E-state index in [0.717, 1.165) is 67.3 Å². The van der Waals surface area contributed by atoms with Gasteiger partial charge in [0.15, 0.2) is 33.3 Å². The molecule has 3 rings (SSSR count). The van der Waals surface area contributed by atoms with Crippen LogP contribution in [0.5, 0.6) is 0 Å². The topological polar surface area (TPSA) is 500 Å². The minimum Gasteiger partial charge on any atom is -0.437 e. The van der Waals surface area contributed by atoms with Crippen molar-refractivity contribution in [2.24, 2.45) is 0 Å². The normalized spacial score (nSPS) is 16.1. The average molecular weight is 1960 g/mol. The average Bonchev–Trinajstić information content (AvgIpc) is 3.33. The van der Waals surface area contributed by atoms with Crippen LogP contribution in [-0.2, 0) is 181 Å². The van der Waals surface area contributed by atoms with Crippen molar-refractivity contribution >= 4 is 122 Å². The van der Waals surface area contributed by atoms with Gasteiger partial charge in [-0.25, -0.2) is 0 Å². The van der Waals surface area contributed by atoms with Gasteiger partial charge in [0.2, 0.25) is 0 Å². The summed E-state index contributed by atoms with van der Waals surface area (Å²) in [4.78, 5) is 50.5. The fraction of sp³-hybridized carbons (Fsp3) is 0.733. The van der Waals surface area contributed by atoms with Crippen LogP contribution in [0.3, 0.4) is 0 Å². The first-order chi connectivity index (χ1) is 37.4. The largest absolute Gasteiger partial charge is 0.487 e. The molecule has 1 aliphatic rings. The van der Waals surface area contributed by atoms with E-state index in [2.05, 4.69) is 39.3 Å². The third-order valence-electron chi connectivity index (χ3n) is 7.43. The predicted octanol–water partition coefficient (Wildman–Crippen LogP) is 0.481. The summed E-state index contributed by atoms with van der Waals surface area (Å²) in [7, 11) is -22.0. The molecule has 0 amide bonds. The van der Waals surface area contributed by atoms with Gasteiger partial charge in [0.05, 0.1) is 0 Å². The van der Waals surface area contributed by atoms with Gasteiger partial charge in [-0.1, -0.05) is 60.7 Å². The van der Waals surface area contributed by atoms with Crippen molar-refractivity contribution in [1.29, 1.82) is 0 Å². The molecule has 1 saturated heterocycles. The predicted molar refractivity (Wildman–Crippen MR) is 377 cm³/mol. The van der Waals surface area contributed by atoms with Crippen molar-refractivity contribution in [3.8, 4) is 0 Å². The number of benzene rings is 2. The van der Waals surface area contributed by atoms with E-state index in [0.29, 0.717) is 0 Å². The van der Waals surface area contributed by atoms with Crippen molar-refractivity contribution in [3.63, 3.8) is 0 Å². The molecule has 0 saturated carbocycles. The van der Waals surface area contributed by atoms with Crippen LogP contribution < -0.4 is 10.4 Å². The van der Waals surface area contributed by atoms with E-state index in [9.17, 15) is 19.2 Å². The van der Waals surface area contributed by atoms with E-state index >= 15 is 0 Å². The number of hydrogen-bond donors (Lipinski definition) is 13. The molecule has 556 valence electrons. The molecule has 1 aliphatic heterocycles. The maximum atomic E-state index is 11.5. The van der Waals surface area contributed by atoms with E-state index in [4.69, 9.17) is 95.7 Å². The van der Waals surface area contributed by atoms with Gasteiger partial charge in [0.25, 0.3) is 0 Å². The molecule has 0 radical (unpaired) electrons.